The van der Waals surface area contributed by atoms with Crippen LogP contribution < -0.4 is 16.0 Å². The number of nitrogens with zero attached hydrogens (tertiary/aromatic N) is 3. The van der Waals surface area contributed by atoms with Crippen LogP contribution in [0, 0.1) is 0 Å². The predicted octanol–water partition coefficient (Wildman–Crippen LogP) is 4.77. The van der Waals surface area contributed by atoms with Crippen molar-refractivity contribution in [3.05, 3.63) is 71.5 Å². The van der Waals surface area contributed by atoms with Gasteiger partial charge in [0, 0.05) is 30.7 Å². The Kier molecular flexibility index (Phi) is 7.49. The molecule has 2 aromatic carbocycles. The molecule has 0 saturated carbocycles. The Morgan fingerprint density at radius 1 is 1.06 bits per heavy atom. The highest BCUT2D eigenvalue weighted by Gasteiger charge is 2.22. The normalized spacial score (nSPS) is 14.7. The van der Waals surface area contributed by atoms with Crippen molar-refractivity contribution in [1.29, 1.82) is 0 Å². The maximum atomic E-state index is 12.8. The number of para-hydroxylation sites is 1. The Morgan fingerprint density at radius 2 is 1.82 bits per heavy atom. The predicted molar refractivity (Wildman–Crippen MR) is 135 cm³/mol. The standard InChI is InChI=1S/C25H29ClN6O2/c1-17(2)31-12-10-19(11-13-31)28-24(33)18-6-5-7-21(14-18)32-16-20(15-27-32)29-25(34)30-23-9-4-3-8-22(23)26/h3-9,14-17,19H,10-13H2,1-2H3,(H,28,33)(H2,29,30,34). The molecule has 8 nitrogen and oxygen atoms in total. The molecule has 0 atom stereocenters. The van der Waals surface area contributed by atoms with E-state index in [0.29, 0.717) is 28.0 Å². The number of carbonyl (C=O) groups is 2. The number of amides is 3. The first-order valence-electron chi connectivity index (χ1n) is 11.4. The smallest absolute Gasteiger partial charge is 0.323 e. The second-order valence-corrected chi connectivity index (χ2v) is 9.07. The van der Waals surface area contributed by atoms with Crippen molar-refractivity contribution >= 4 is 34.9 Å². The number of anilines is 2. The molecule has 1 aliphatic heterocycles. The van der Waals surface area contributed by atoms with Gasteiger partial charge in [0.1, 0.15) is 0 Å². The van der Waals surface area contributed by atoms with Gasteiger partial charge in [-0.3, -0.25) is 4.79 Å². The van der Waals surface area contributed by atoms with E-state index in [-0.39, 0.29) is 11.9 Å². The van der Waals surface area contributed by atoms with E-state index in [4.69, 9.17) is 11.6 Å². The van der Waals surface area contributed by atoms with Crippen LogP contribution in [0.25, 0.3) is 5.69 Å². The first kappa shape index (κ1) is 23.8. The number of halogens is 1. The number of urea groups is 1. The average Bonchev–Trinajstić information content (AvgIpc) is 3.29. The number of likely N-dealkylation sites (tertiary alicyclic amines) is 1. The molecular weight excluding hydrogens is 452 g/mol. The minimum absolute atomic E-state index is 0.0885. The van der Waals surface area contributed by atoms with E-state index in [0.717, 1.165) is 31.6 Å². The van der Waals surface area contributed by atoms with Crippen LogP contribution in [0.15, 0.2) is 60.9 Å². The Labute approximate surface area is 204 Å². The van der Waals surface area contributed by atoms with Crippen LogP contribution in [0.2, 0.25) is 5.02 Å². The third-order valence-corrected chi connectivity index (χ3v) is 6.26. The van der Waals surface area contributed by atoms with Gasteiger partial charge in [0.05, 0.1) is 34.5 Å². The summed E-state index contributed by atoms with van der Waals surface area (Å²) >= 11 is 6.08. The molecule has 0 radical (unpaired) electrons. The minimum atomic E-state index is -0.427. The zero-order chi connectivity index (χ0) is 24.1. The number of rotatable bonds is 6. The van der Waals surface area contributed by atoms with Gasteiger partial charge >= 0.3 is 6.03 Å². The van der Waals surface area contributed by atoms with Crippen molar-refractivity contribution in [1.82, 2.24) is 20.0 Å². The number of nitrogens with one attached hydrogen (secondary N) is 3. The van der Waals surface area contributed by atoms with Gasteiger partial charge in [0.2, 0.25) is 0 Å². The van der Waals surface area contributed by atoms with Crippen molar-refractivity contribution in [2.24, 2.45) is 0 Å². The Morgan fingerprint density at radius 3 is 2.56 bits per heavy atom. The van der Waals surface area contributed by atoms with Crippen molar-refractivity contribution in [3.63, 3.8) is 0 Å². The lowest BCUT2D eigenvalue weighted by Gasteiger charge is -2.34. The SMILES string of the molecule is CC(C)N1CCC(NC(=O)c2cccc(-n3cc(NC(=O)Nc4ccccc4Cl)cn3)c2)CC1. The van der Waals surface area contributed by atoms with Gasteiger partial charge in [-0.05, 0) is 57.0 Å². The fraction of sp³-hybridized carbons (Fsp3) is 0.320. The van der Waals surface area contributed by atoms with E-state index in [9.17, 15) is 9.59 Å². The molecule has 0 spiro atoms. The van der Waals surface area contributed by atoms with Crippen molar-refractivity contribution < 1.29 is 9.59 Å². The maximum absolute atomic E-state index is 12.8. The summed E-state index contributed by atoms with van der Waals surface area (Å²) in [6.45, 7) is 6.39. The molecule has 0 unspecified atom stereocenters. The highest BCUT2D eigenvalue weighted by atomic mass is 35.5. The third-order valence-electron chi connectivity index (χ3n) is 5.93. The molecule has 0 aliphatic carbocycles. The lowest BCUT2D eigenvalue weighted by atomic mass is 10.0. The molecule has 3 N–H and O–H groups in total. The number of piperidine rings is 1. The topological polar surface area (TPSA) is 91.3 Å². The van der Waals surface area contributed by atoms with Gasteiger partial charge in [-0.1, -0.05) is 29.8 Å². The molecule has 34 heavy (non-hydrogen) atoms. The van der Waals surface area contributed by atoms with Crippen LogP contribution in [0.5, 0.6) is 0 Å². The van der Waals surface area contributed by atoms with Crippen LogP contribution in [-0.2, 0) is 0 Å². The number of benzene rings is 2. The molecule has 9 heteroatoms. The molecule has 1 saturated heterocycles. The summed E-state index contributed by atoms with van der Waals surface area (Å²) in [4.78, 5) is 27.6. The van der Waals surface area contributed by atoms with Crippen LogP contribution in [-0.4, -0.2) is 51.8 Å². The zero-order valence-electron chi connectivity index (χ0n) is 19.3. The van der Waals surface area contributed by atoms with E-state index >= 15 is 0 Å². The summed E-state index contributed by atoms with van der Waals surface area (Å²) in [6.07, 6.45) is 5.13. The number of carbonyl (C=O) groups excluding carboxylic acids is 2. The largest absolute Gasteiger partial charge is 0.349 e. The molecule has 0 bridgehead atoms. The first-order chi connectivity index (χ1) is 16.4. The monoisotopic (exact) mass is 480 g/mol. The molecule has 1 aromatic heterocycles. The summed E-state index contributed by atoms with van der Waals surface area (Å²) in [7, 11) is 0. The van der Waals surface area contributed by atoms with Crippen LogP contribution in [0.4, 0.5) is 16.2 Å². The number of hydrogen-bond acceptors (Lipinski definition) is 4. The third kappa shape index (κ3) is 5.95. The molecule has 2 heterocycles. The molecule has 3 aromatic rings. The summed E-state index contributed by atoms with van der Waals surface area (Å²) in [6, 6.07) is 14.6. The molecular formula is C25H29ClN6O2. The summed E-state index contributed by atoms with van der Waals surface area (Å²) in [5.74, 6) is -0.0885. The molecule has 3 amide bonds. The van der Waals surface area contributed by atoms with E-state index in [1.807, 2.05) is 12.1 Å². The quantitative estimate of drug-likeness (QED) is 0.474. The lowest BCUT2D eigenvalue weighted by molar-refractivity contribution is 0.0900. The van der Waals surface area contributed by atoms with Crippen molar-refractivity contribution in [2.75, 3.05) is 23.7 Å². The molecule has 1 fully saturated rings. The number of hydrogen-bond donors (Lipinski definition) is 3. The van der Waals surface area contributed by atoms with E-state index < -0.39 is 6.03 Å². The second kappa shape index (κ2) is 10.7. The fourth-order valence-electron chi connectivity index (χ4n) is 3.99. The van der Waals surface area contributed by atoms with Crippen LogP contribution >= 0.6 is 11.6 Å². The van der Waals surface area contributed by atoms with Crippen LogP contribution in [0.1, 0.15) is 37.0 Å². The summed E-state index contributed by atoms with van der Waals surface area (Å²) < 4.78 is 1.61. The molecule has 4 rings (SSSR count). The number of aromatic nitrogens is 2. The van der Waals surface area contributed by atoms with Gasteiger partial charge in [-0.25, -0.2) is 9.48 Å². The van der Waals surface area contributed by atoms with Crippen molar-refractivity contribution in [3.8, 4) is 5.69 Å². The Balaban J connectivity index is 1.36. The average molecular weight is 481 g/mol. The van der Waals surface area contributed by atoms with E-state index in [1.165, 1.54) is 0 Å². The van der Waals surface area contributed by atoms with Gasteiger partial charge in [0.25, 0.3) is 5.91 Å². The zero-order valence-corrected chi connectivity index (χ0v) is 20.0. The summed E-state index contributed by atoms with van der Waals surface area (Å²) in [5.41, 5.74) is 2.33. The van der Waals surface area contributed by atoms with Gasteiger partial charge in [0.15, 0.2) is 0 Å². The first-order valence-corrected chi connectivity index (χ1v) is 11.8. The van der Waals surface area contributed by atoms with E-state index in [1.54, 1.807) is 53.5 Å². The Hall–Kier alpha value is -3.36. The van der Waals surface area contributed by atoms with Crippen molar-refractivity contribution in [2.45, 2.75) is 38.8 Å². The molecule has 178 valence electrons. The highest BCUT2D eigenvalue weighted by molar-refractivity contribution is 6.33. The highest BCUT2D eigenvalue weighted by Crippen LogP contribution is 2.21. The fourth-order valence-corrected chi connectivity index (χ4v) is 4.18. The van der Waals surface area contributed by atoms with Gasteiger partial charge < -0.3 is 20.9 Å². The molecule has 1 aliphatic rings. The second-order valence-electron chi connectivity index (χ2n) is 8.66. The Bertz CT molecular complexity index is 1150. The van der Waals surface area contributed by atoms with Gasteiger partial charge in [-0.2, -0.15) is 5.10 Å². The van der Waals surface area contributed by atoms with Gasteiger partial charge in [-0.15, -0.1) is 0 Å². The lowest BCUT2D eigenvalue weighted by Crippen LogP contribution is -2.46. The van der Waals surface area contributed by atoms with Crippen LogP contribution in [0.3, 0.4) is 0 Å². The minimum Gasteiger partial charge on any atom is -0.349 e. The summed E-state index contributed by atoms with van der Waals surface area (Å²) in [5, 5.41) is 13.4. The maximum Gasteiger partial charge on any atom is 0.323 e. The van der Waals surface area contributed by atoms with E-state index in [2.05, 4.69) is 39.8 Å².